The molecule has 0 aliphatic carbocycles. The van der Waals surface area contributed by atoms with Crippen LogP contribution >= 0.6 is 66.6 Å². The molecule has 0 radical (unpaired) electrons. The highest BCUT2D eigenvalue weighted by Crippen LogP contribution is 2.40. The van der Waals surface area contributed by atoms with Gasteiger partial charge in [0.2, 0.25) is 0 Å². The fourth-order valence-corrected chi connectivity index (χ4v) is 6.53. The van der Waals surface area contributed by atoms with Crippen LogP contribution in [-0.4, -0.2) is 43.1 Å². The number of aliphatic hydroxyl groups excluding tert-OH is 1. The van der Waals surface area contributed by atoms with E-state index in [2.05, 4.69) is 55.9 Å². The molecule has 3 aromatic rings. The minimum absolute atomic E-state index is 0.0234. The molecule has 0 amide bonds. The van der Waals surface area contributed by atoms with Crippen molar-refractivity contribution in [1.29, 1.82) is 0 Å². The van der Waals surface area contributed by atoms with Crippen molar-refractivity contribution in [3.05, 3.63) is 71.5 Å². The molecule has 0 unspecified atom stereocenters. The predicted molar refractivity (Wildman–Crippen MR) is 147 cm³/mol. The van der Waals surface area contributed by atoms with Crippen LogP contribution in [0.5, 0.6) is 0 Å². The molecule has 2 aromatic heterocycles. The molecular weight excluding hydrogens is 624 g/mol. The number of rotatable bonds is 6. The monoisotopic (exact) mass is 642 g/mol. The van der Waals surface area contributed by atoms with Crippen LogP contribution in [0.25, 0.3) is 5.00 Å². The molecule has 0 saturated carbocycles. The van der Waals surface area contributed by atoms with Gasteiger partial charge >= 0.3 is 0 Å². The number of halogens is 3. The molecule has 0 saturated heterocycles. The second-order valence-corrected chi connectivity index (χ2v) is 12.3. The van der Waals surface area contributed by atoms with Gasteiger partial charge in [0, 0.05) is 42.2 Å². The van der Waals surface area contributed by atoms with Crippen LogP contribution in [0.2, 0.25) is 5.02 Å². The molecule has 11 heteroatoms. The third kappa shape index (κ3) is 5.12. The molecule has 1 aliphatic heterocycles. The third-order valence-electron chi connectivity index (χ3n) is 5.51. The number of aryl methyl sites for hydroxylation is 2. The topological polar surface area (TPSA) is 80.4 Å². The summed E-state index contributed by atoms with van der Waals surface area (Å²) in [6.07, 6.45) is 0.171. The molecule has 1 atom stereocenters. The lowest BCUT2D eigenvalue weighted by atomic mass is 10.00. The first-order chi connectivity index (χ1) is 16.2. The number of hydrogen-bond acceptors (Lipinski definition) is 7. The number of carbonyl (C=O) groups excluding carboxylic acids is 1. The first-order valence-corrected chi connectivity index (χ1v) is 14.1. The van der Waals surface area contributed by atoms with Gasteiger partial charge in [0.15, 0.2) is 10.9 Å². The highest BCUT2D eigenvalue weighted by Gasteiger charge is 2.32. The summed E-state index contributed by atoms with van der Waals surface area (Å²) >= 11 is 15.7. The van der Waals surface area contributed by atoms with Gasteiger partial charge in [-0.3, -0.25) is 14.4 Å². The van der Waals surface area contributed by atoms with Crippen LogP contribution in [0.1, 0.15) is 45.7 Å². The van der Waals surface area contributed by atoms with E-state index < -0.39 is 6.04 Å². The normalized spacial score (nSPS) is 15.9. The van der Waals surface area contributed by atoms with Crippen LogP contribution in [0.15, 0.2) is 38.2 Å². The van der Waals surface area contributed by atoms with Gasteiger partial charge < -0.3 is 5.11 Å². The third-order valence-corrected chi connectivity index (χ3v) is 10.3. The molecule has 0 bridgehead atoms. The lowest BCUT2D eigenvalue weighted by molar-refractivity contribution is -0.111. The SMILES string of the molecule is Cc1sc2c(c1C)C(c1ccc(Cl)cc1)=N[C@@H](CC(=O)SC/C(Br)=C(\Br)CO)c1nnc(C)n1-2. The Balaban J connectivity index is 1.78. The summed E-state index contributed by atoms with van der Waals surface area (Å²) in [5.41, 5.74) is 3.95. The Morgan fingerprint density at radius 3 is 2.56 bits per heavy atom. The minimum Gasteiger partial charge on any atom is -0.391 e. The Morgan fingerprint density at radius 2 is 1.88 bits per heavy atom. The summed E-state index contributed by atoms with van der Waals surface area (Å²) in [7, 11) is 0. The average Bonchev–Trinajstić information content (AvgIpc) is 3.29. The number of aromatic nitrogens is 3. The summed E-state index contributed by atoms with van der Waals surface area (Å²) in [5, 5.41) is 19.7. The fraction of sp³-hybridized carbons (Fsp3) is 0.304. The van der Waals surface area contributed by atoms with Crippen LogP contribution in [0.3, 0.4) is 0 Å². The number of carbonyl (C=O) groups is 1. The zero-order valence-corrected chi connectivity index (χ0v) is 24.2. The number of thioether (sulfide) groups is 1. The van der Waals surface area contributed by atoms with Crippen LogP contribution in [0, 0.1) is 20.8 Å². The molecule has 1 aliphatic rings. The second kappa shape index (κ2) is 10.8. The average molecular weight is 645 g/mol. The van der Waals surface area contributed by atoms with Crippen LogP contribution in [-0.2, 0) is 4.79 Å². The van der Waals surface area contributed by atoms with E-state index in [9.17, 15) is 9.90 Å². The maximum atomic E-state index is 13.0. The number of nitrogens with zero attached hydrogens (tertiary/aromatic N) is 4. The number of fused-ring (bicyclic) bond motifs is 3. The Labute approximate surface area is 227 Å². The predicted octanol–water partition coefficient (Wildman–Crippen LogP) is 6.44. The minimum atomic E-state index is -0.491. The van der Waals surface area contributed by atoms with Crippen molar-refractivity contribution in [2.75, 3.05) is 12.4 Å². The molecule has 3 heterocycles. The number of thiophene rings is 1. The molecule has 0 fully saturated rings. The molecule has 4 rings (SSSR count). The Hall–Kier alpha value is -1.30. The summed E-state index contributed by atoms with van der Waals surface area (Å²) in [5.74, 6) is 1.83. The van der Waals surface area contributed by atoms with E-state index in [0.29, 0.717) is 21.1 Å². The molecule has 6 nitrogen and oxygen atoms in total. The van der Waals surface area contributed by atoms with Gasteiger partial charge in [0.05, 0.1) is 12.3 Å². The van der Waals surface area contributed by atoms with E-state index in [0.717, 1.165) is 37.7 Å². The maximum Gasteiger partial charge on any atom is 0.191 e. The van der Waals surface area contributed by atoms with E-state index in [1.165, 1.54) is 16.6 Å². The molecule has 0 spiro atoms. The van der Waals surface area contributed by atoms with Crippen molar-refractivity contribution >= 4 is 77.4 Å². The maximum absolute atomic E-state index is 13.0. The number of benzene rings is 1. The lowest BCUT2D eigenvalue weighted by Gasteiger charge is -2.12. The molecular formula is C23H21Br2ClN4O2S2. The smallest absolute Gasteiger partial charge is 0.191 e. The number of aliphatic hydroxyl groups is 1. The van der Waals surface area contributed by atoms with Gasteiger partial charge in [-0.25, -0.2) is 0 Å². The van der Waals surface area contributed by atoms with Crippen molar-refractivity contribution in [2.24, 2.45) is 4.99 Å². The van der Waals surface area contributed by atoms with Gasteiger partial charge in [-0.05, 0) is 38.5 Å². The van der Waals surface area contributed by atoms with Gasteiger partial charge in [-0.1, -0.05) is 67.4 Å². The number of aliphatic imine (C=N–C) groups is 1. The van der Waals surface area contributed by atoms with Crippen molar-refractivity contribution < 1.29 is 9.90 Å². The highest BCUT2D eigenvalue weighted by molar-refractivity contribution is 9.14. The second-order valence-electron chi connectivity index (χ2n) is 7.74. The van der Waals surface area contributed by atoms with E-state index in [-0.39, 0.29) is 18.1 Å². The van der Waals surface area contributed by atoms with Gasteiger partial charge in [-0.2, -0.15) is 0 Å². The quantitative estimate of drug-likeness (QED) is 0.334. The van der Waals surface area contributed by atoms with Gasteiger partial charge in [0.1, 0.15) is 16.9 Å². The summed E-state index contributed by atoms with van der Waals surface area (Å²) < 4.78 is 3.40. The van der Waals surface area contributed by atoms with Gasteiger partial charge in [-0.15, -0.1) is 21.5 Å². The first-order valence-electron chi connectivity index (χ1n) is 10.4. The van der Waals surface area contributed by atoms with Crippen molar-refractivity contribution in [3.63, 3.8) is 0 Å². The summed E-state index contributed by atoms with van der Waals surface area (Å²) in [4.78, 5) is 19.3. The van der Waals surface area contributed by atoms with E-state index in [1.54, 1.807) is 11.3 Å². The number of hydrogen-bond donors (Lipinski definition) is 1. The Kier molecular flexibility index (Phi) is 8.16. The Morgan fingerprint density at radius 1 is 1.18 bits per heavy atom. The molecule has 178 valence electrons. The lowest BCUT2D eigenvalue weighted by Crippen LogP contribution is -2.10. The van der Waals surface area contributed by atoms with E-state index in [1.807, 2.05) is 35.8 Å². The zero-order chi connectivity index (χ0) is 24.6. The fourth-order valence-electron chi connectivity index (χ4n) is 3.66. The summed E-state index contributed by atoms with van der Waals surface area (Å²) in [6, 6.07) is 7.12. The van der Waals surface area contributed by atoms with Crippen molar-refractivity contribution in [1.82, 2.24) is 14.8 Å². The molecule has 1 aromatic carbocycles. The standard InChI is InChI=1S/C23H21Br2ClN4O2S2/c1-11-12(2)34-23-20(11)21(14-4-6-15(26)7-5-14)27-18(22-29-28-13(3)30(22)23)8-19(32)33-10-17(25)16(24)9-31/h4-7,18,31H,8-10H2,1-3H3/b17-16+/t18-/m0/s1. The molecule has 34 heavy (non-hydrogen) atoms. The van der Waals surface area contributed by atoms with Crippen molar-refractivity contribution in [2.45, 2.75) is 33.2 Å². The van der Waals surface area contributed by atoms with E-state index in [4.69, 9.17) is 16.6 Å². The van der Waals surface area contributed by atoms with E-state index >= 15 is 0 Å². The van der Waals surface area contributed by atoms with Gasteiger partial charge in [0.25, 0.3) is 0 Å². The highest BCUT2D eigenvalue weighted by atomic mass is 79.9. The largest absolute Gasteiger partial charge is 0.391 e. The Bertz CT molecular complexity index is 1320. The summed E-state index contributed by atoms with van der Waals surface area (Å²) in [6.45, 7) is 5.98. The van der Waals surface area contributed by atoms with Crippen LogP contribution in [0.4, 0.5) is 0 Å². The first kappa shape index (κ1) is 25.8. The van der Waals surface area contributed by atoms with Crippen LogP contribution < -0.4 is 0 Å². The zero-order valence-electron chi connectivity index (χ0n) is 18.6. The molecule has 1 N–H and O–H groups in total. The van der Waals surface area contributed by atoms with Crippen molar-refractivity contribution in [3.8, 4) is 5.00 Å².